The zero-order valence-electron chi connectivity index (χ0n) is 12.8. The van der Waals surface area contributed by atoms with E-state index in [2.05, 4.69) is 6.07 Å². The summed E-state index contributed by atoms with van der Waals surface area (Å²) in [4.78, 5) is 15.4. The molecular weight excluding hydrogens is 338 g/mol. The Labute approximate surface area is 148 Å². The van der Waals surface area contributed by atoms with E-state index in [-0.39, 0.29) is 11.3 Å². The first-order chi connectivity index (χ1) is 11.8. The fraction of sp³-hybridized carbons (Fsp3) is 0.105. The van der Waals surface area contributed by atoms with Gasteiger partial charge in [0.2, 0.25) is 5.91 Å². The highest BCUT2D eigenvalue weighted by Gasteiger charge is 2.34. The quantitative estimate of drug-likeness (QED) is 0.636. The van der Waals surface area contributed by atoms with Crippen LogP contribution in [0.4, 0.5) is 5.69 Å². The third kappa shape index (κ3) is 3.05. The Hall–Kier alpha value is -2.24. The molecule has 1 saturated heterocycles. The Morgan fingerprint density at radius 2 is 1.67 bits per heavy atom. The molecule has 0 spiro atoms. The van der Waals surface area contributed by atoms with Gasteiger partial charge in [-0.15, -0.1) is 23.1 Å². The van der Waals surface area contributed by atoms with Crippen molar-refractivity contribution < 1.29 is 9.53 Å². The minimum absolute atomic E-state index is 0.0680. The van der Waals surface area contributed by atoms with Crippen molar-refractivity contribution in [3.8, 4) is 11.5 Å². The Bertz CT molecular complexity index is 816. The molecule has 1 atom stereocenters. The molecule has 0 saturated carbocycles. The molecule has 1 amide bonds. The Morgan fingerprint density at radius 1 is 0.917 bits per heavy atom. The van der Waals surface area contributed by atoms with Crippen molar-refractivity contribution in [3.63, 3.8) is 0 Å². The molecule has 1 unspecified atom stereocenters. The molecule has 120 valence electrons. The summed E-state index contributed by atoms with van der Waals surface area (Å²) >= 11 is 3.36. The number of anilines is 1. The van der Waals surface area contributed by atoms with Gasteiger partial charge in [0.25, 0.3) is 0 Å². The first-order valence-corrected chi connectivity index (χ1v) is 9.54. The van der Waals surface area contributed by atoms with Crippen LogP contribution in [0.15, 0.2) is 72.1 Å². The van der Waals surface area contributed by atoms with Crippen LogP contribution < -0.4 is 9.64 Å². The van der Waals surface area contributed by atoms with Gasteiger partial charge in [-0.25, -0.2) is 0 Å². The molecular formula is C19H15NO2S2. The van der Waals surface area contributed by atoms with Crippen molar-refractivity contribution >= 4 is 34.7 Å². The number of carbonyl (C=O) groups is 1. The topological polar surface area (TPSA) is 29.5 Å². The van der Waals surface area contributed by atoms with Crippen molar-refractivity contribution in [3.05, 3.63) is 77.0 Å². The minimum Gasteiger partial charge on any atom is -0.457 e. The number of hydrogen-bond acceptors (Lipinski definition) is 4. The fourth-order valence-corrected chi connectivity index (χ4v) is 4.78. The molecule has 5 heteroatoms. The van der Waals surface area contributed by atoms with Crippen molar-refractivity contribution in [2.45, 2.75) is 5.37 Å². The second-order valence-electron chi connectivity index (χ2n) is 5.35. The Balaban J connectivity index is 1.56. The van der Waals surface area contributed by atoms with Crippen molar-refractivity contribution in [2.75, 3.05) is 10.7 Å². The molecule has 24 heavy (non-hydrogen) atoms. The van der Waals surface area contributed by atoms with E-state index in [0.717, 1.165) is 17.2 Å². The maximum atomic E-state index is 12.3. The first kappa shape index (κ1) is 15.3. The van der Waals surface area contributed by atoms with Crippen LogP contribution in [-0.2, 0) is 4.79 Å². The smallest absolute Gasteiger partial charge is 0.238 e. The van der Waals surface area contributed by atoms with E-state index in [1.807, 2.05) is 70.9 Å². The minimum atomic E-state index is 0.0680. The van der Waals surface area contributed by atoms with Gasteiger partial charge in [-0.2, -0.15) is 0 Å². The summed E-state index contributed by atoms with van der Waals surface area (Å²) in [6.07, 6.45) is 0. The lowest BCUT2D eigenvalue weighted by Gasteiger charge is -2.23. The number of nitrogens with zero attached hydrogens (tertiary/aromatic N) is 1. The monoisotopic (exact) mass is 353 g/mol. The summed E-state index contributed by atoms with van der Waals surface area (Å²) in [6.45, 7) is 0. The Morgan fingerprint density at radius 3 is 2.38 bits per heavy atom. The second kappa shape index (κ2) is 6.71. The highest BCUT2D eigenvalue weighted by Crippen LogP contribution is 2.43. The predicted molar refractivity (Wildman–Crippen MR) is 100.0 cm³/mol. The maximum absolute atomic E-state index is 12.3. The molecule has 3 aromatic rings. The average molecular weight is 353 g/mol. The van der Waals surface area contributed by atoms with Crippen LogP contribution in [0, 0.1) is 0 Å². The highest BCUT2D eigenvalue weighted by atomic mass is 32.2. The van der Waals surface area contributed by atoms with Crippen LogP contribution in [0.1, 0.15) is 10.3 Å². The molecule has 4 rings (SSSR count). The first-order valence-electron chi connectivity index (χ1n) is 7.61. The summed E-state index contributed by atoms with van der Waals surface area (Å²) in [5, 5.41) is 2.12. The molecule has 1 aliphatic rings. The summed E-state index contributed by atoms with van der Waals surface area (Å²) < 4.78 is 5.82. The van der Waals surface area contributed by atoms with Crippen LogP contribution in [0.2, 0.25) is 0 Å². The normalized spacial score (nSPS) is 17.2. The number of para-hydroxylation sites is 1. The van der Waals surface area contributed by atoms with Gasteiger partial charge in [0.05, 0.1) is 5.75 Å². The highest BCUT2D eigenvalue weighted by molar-refractivity contribution is 8.01. The second-order valence-corrected chi connectivity index (χ2v) is 7.40. The number of carbonyl (C=O) groups excluding carboxylic acids is 1. The molecule has 0 aliphatic carbocycles. The van der Waals surface area contributed by atoms with Gasteiger partial charge in [-0.05, 0) is 47.8 Å². The summed E-state index contributed by atoms with van der Waals surface area (Å²) in [7, 11) is 0. The summed E-state index contributed by atoms with van der Waals surface area (Å²) in [5.41, 5.74) is 0.906. The van der Waals surface area contributed by atoms with Gasteiger partial charge in [-0.1, -0.05) is 24.3 Å². The third-order valence-electron chi connectivity index (χ3n) is 3.75. The van der Waals surface area contributed by atoms with Crippen LogP contribution in [-0.4, -0.2) is 11.7 Å². The van der Waals surface area contributed by atoms with E-state index >= 15 is 0 Å². The van der Waals surface area contributed by atoms with Crippen LogP contribution >= 0.6 is 23.1 Å². The average Bonchev–Trinajstić information content (AvgIpc) is 3.26. The van der Waals surface area contributed by atoms with Gasteiger partial charge in [0.1, 0.15) is 16.9 Å². The van der Waals surface area contributed by atoms with Gasteiger partial charge < -0.3 is 4.74 Å². The van der Waals surface area contributed by atoms with E-state index in [1.54, 1.807) is 23.1 Å². The lowest BCUT2D eigenvalue weighted by molar-refractivity contribution is -0.115. The summed E-state index contributed by atoms with van der Waals surface area (Å²) in [5.74, 6) is 2.23. The summed E-state index contributed by atoms with van der Waals surface area (Å²) in [6, 6.07) is 21.5. The molecule has 2 aromatic carbocycles. The van der Waals surface area contributed by atoms with Crippen molar-refractivity contribution in [1.82, 2.24) is 0 Å². The lowest BCUT2D eigenvalue weighted by Crippen LogP contribution is -2.27. The number of benzene rings is 2. The molecule has 2 heterocycles. The maximum Gasteiger partial charge on any atom is 0.238 e. The van der Waals surface area contributed by atoms with Gasteiger partial charge in [0, 0.05) is 10.6 Å². The van der Waals surface area contributed by atoms with Gasteiger partial charge >= 0.3 is 0 Å². The van der Waals surface area contributed by atoms with E-state index in [9.17, 15) is 4.79 Å². The number of thiophene rings is 1. The molecule has 1 aromatic heterocycles. The van der Waals surface area contributed by atoms with E-state index in [0.29, 0.717) is 5.75 Å². The predicted octanol–water partition coefficient (Wildman–Crippen LogP) is 5.32. The zero-order valence-corrected chi connectivity index (χ0v) is 14.4. The SMILES string of the molecule is O=C1CSC(c2cccs2)N1c1ccc(Oc2ccccc2)cc1. The molecule has 1 aliphatic heterocycles. The largest absolute Gasteiger partial charge is 0.457 e. The van der Waals surface area contributed by atoms with Gasteiger partial charge in [-0.3, -0.25) is 9.69 Å². The number of amides is 1. The fourth-order valence-electron chi connectivity index (χ4n) is 2.65. The van der Waals surface area contributed by atoms with Crippen LogP contribution in [0.5, 0.6) is 11.5 Å². The van der Waals surface area contributed by atoms with Crippen LogP contribution in [0.3, 0.4) is 0 Å². The molecule has 0 N–H and O–H groups in total. The zero-order chi connectivity index (χ0) is 16.4. The number of rotatable bonds is 4. The van der Waals surface area contributed by atoms with E-state index in [4.69, 9.17) is 4.74 Å². The number of hydrogen-bond donors (Lipinski definition) is 0. The standard InChI is InChI=1S/C19H15NO2S2/c21-18-13-24-19(17-7-4-12-23-17)20(18)14-8-10-16(11-9-14)22-15-5-2-1-3-6-15/h1-12,19H,13H2. The Kier molecular flexibility index (Phi) is 4.28. The number of ether oxygens (including phenoxy) is 1. The number of thioether (sulfide) groups is 1. The lowest BCUT2D eigenvalue weighted by atomic mass is 10.2. The van der Waals surface area contributed by atoms with E-state index in [1.165, 1.54) is 4.88 Å². The van der Waals surface area contributed by atoms with Crippen molar-refractivity contribution in [2.24, 2.45) is 0 Å². The van der Waals surface area contributed by atoms with E-state index < -0.39 is 0 Å². The van der Waals surface area contributed by atoms with Crippen molar-refractivity contribution in [1.29, 1.82) is 0 Å². The molecule has 1 fully saturated rings. The molecule has 0 radical (unpaired) electrons. The van der Waals surface area contributed by atoms with Crippen LogP contribution in [0.25, 0.3) is 0 Å². The molecule has 3 nitrogen and oxygen atoms in total. The van der Waals surface area contributed by atoms with Gasteiger partial charge in [0.15, 0.2) is 0 Å². The molecule has 0 bridgehead atoms. The third-order valence-corrected chi connectivity index (χ3v) is 6.02.